The molecule has 1 atom stereocenters. The van der Waals surface area contributed by atoms with Crippen LogP contribution in [-0.4, -0.2) is 41.5 Å². The Morgan fingerprint density at radius 2 is 2.16 bits per heavy atom. The second-order valence-electron chi connectivity index (χ2n) is 6.05. The van der Waals surface area contributed by atoms with Crippen molar-refractivity contribution in [2.45, 2.75) is 38.6 Å². The van der Waals surface area contributed by atoms with Gasteiger partial charge in [-0.3, -0.25) is 4.79 Å². The molecule has 5 heteroatoms. The van der Waals surface area contributed by atoms with E-state index in [0.717, 1.165) is 25.2 Å². The summed E-state index contributed by atoms with van der Waals surface area (Å²) in [5, 5.41) is 3.40. The Morgan fingerprint density at radius 3 is 2.68 bits per heavy atom. The maximum atomic E-state index is 11.7. The first kappa shape index (κ1) is 14.1. The molecule has 0 aromatic carbocycles. The number of aromatic nitrogens is 2. The minimum Gasteiger partial charge on any atom is -0.366 e. The van der Waals surface area contributed by atoms with Gasteiger partial charge in [-0.1, -0.05) is 13.8 Å². The number of likely N-dealkylation sites (N-methyl/N-ethyl adjacent to an activating group) is 1. The third-order valence-corrected chi connectivity index (χ3v) is 3.42. The molecule has 0 aliphatic heterocycles. The molecule has 1 fully saturated rings. The molecule has 5 nitrogen and oxygen atoms in total. The summed E-state index contributed by atoms with van der Waals surface area (Å²) in [4.78, 5) is 21.2. The Morgan fingerprint density at radius 1 is 1.47 bits per heavy atom. The molecule has 0 bridgehead atoms. The van der Waals surface area contributed by atoms with Crippen molar-refractivity contribution in [3.8, 4) is 0 Å². The number of nitrogens with zero attached hydrogens (tertiary/aromatic N) is 2. The molecule has 1 heterocycles. The molecule has 106 valence electrons. The van der Waals surface area contributed by atoms with E-state index in [1.807, 2.05) is 0 Å². The number of nitrogens with one attached hydrogen (secondary N) is 2. The first-order valence-corrected chi connectivity index (χ1v) is 6.98. The van der Waals surface area contributed by atoms with Crippen LogP contribution < -0.4 is 10.9 Å². The molecule has 1 unspecified atom stereocenters. The molecule has 1 aliphatic carbocycles. The van der Waals surface area contributed by atoms with Crippen LogP contribution in [0, 0.1) is 5.92 Å². The van der Waals surface area contributed by atoms with Gasteiger partial charge >= 0.3 is 0 Å². The molecule has 1 aromatic rings. The largest absolute Gasteiger partial charge is 0.366 e. The highest BCUT2D eigenvalue weighted by Crippen LogP contribution is 2.37. The lowest BCUT2D eigenvalue weighted by Gasteiger charge is -2.26. The molecule has 1 aromatic heterocycles. The quantitative estimate of drug-likeness (QED) is 0.820. The van der Waals surface area contributed by atoms with Crippen LogP contribution in [0.25, 0.3) is 0 Å². The summed E-state index contributed by atoms with van der Waals surface area (Å²) >= 11 is 0. The van der Waals surface area contributed by atoms with Gasteiger partial charge < -0.3 is 15.2 Å². The van der Waals surface area contributed by atoms with Crippen LogP contribution >= 0.6 is 0 Å². The monoisotopic (exact) mass is 264 g/mol. The average molecular weight is 264 g/mol. The van der Waals surface area contributed by atoms with E-state index >= 15 is 0 Å². The SMILES string of the molecule is CC(C)C(CN(C)C)Nc1cc(=O)[nH]c(C2CC2)n1. The number of rotatable bonds is 6. The summed E-state index contributed by atoms with van der Waals surface area (Å²) in [6.07, 6.45) is 2.27. The van der Waals surface area contributed by atoms with Crippen LogP contribution in [-0.2, 0) is 0 Å². The number of hydrogen-bond donors (Lipinski definition) is 2. The van der Waals surface area contributed by atoms with Gasteiger partial charge in [-0.25, -0.2) is 4.98 Å². The fourth-order valence-corrected chi connectivity index (χ4v) is 2.11. The minimum absolute atomic E-state index is 0.0632. The third kappa shape index (κ3) is 4.06. The molecule has 1 aliphatic rings. The number of H-pyrrole nitrogens is 1. The van der Waals surface area contributed by atoms with E-state index in [2.05, 4.69) is 48.1 Å². The van der Waals surface area contributed by atoms with Gasteiger partial charge in [-0.05, 0) is 32.9 Å². The van der Waals surface area contributed by atoms with Gasteiger partial charge in [0.1, 0.15) is 11.6 Å². The lowest BCUT2D eigenvalue weighted by atomic mass is 10.0. The van der Waals surface area contributed by atoms with Crippen molar-refractivity contribution in [1.82, 2.24) is 14.9 Å². The van der Waals surface area contributed by atoms with Gasteiger partial charge in [0.15, 0.2) is 0 Å². The molecule has 1 saturated carbocycles. The van der Waals surface area contributed by atoms with Crippen molar-refractivity contribution >= 4 is 5.82 Å². The number of aromatic amines is 1. The predicted molar refractivity (Wildman–Crippen MR) is 77.6 cm³/mol. The molecule has 2 N–H and O–H groups in total. The molecule has 0 radical (unpaired) electrons. The lowest BCUT2D eigenvalue weighted by Crippen LogP contribution is -2.37. The zero-order valence-corrected chi connectivity index (χ0v) is 12.2. The smallest absolute Gasteiger partial charge is 0.252 e. The Hall–Kier alpha value is -1.36. The van der Waals surface area contributed by atoms with Crippen LogP contribution in [0.2, 0.25) is 0 Å². The van der Waals surface area contributed by atoms with E-state index in [1.54, 1.807) is 6.07 Å². The predicted octanol–water partition coefficient (Wildman–Crippen LogP) is 1.65. The standard InChI is InChI=1S/C14H24N4O/c1-9(2)11(8-18(3)4)15-12-7-13(19)17-14(16-12)10-5-6-10/h7,9-11H,5-6,8H2,1-4H3,(H2,15,16,17,19). The fraction of sp³-hybridized carbons (Fsp3) is 0.714. The summed E-state index contributed by atoms with van der Waals surface area (Å²) < 4.78 is 0. The second kappa shape index (κ2) is 5.74. The van der Waals surface area contributed by atoms with Gasteiger partial charge in [-0.15, -0.1) is 0 Å². The minimum atomic E-state index is -0.0632. The summed E-state index contributed by atoms with van der Waals surface area (Å²) in [6, 6.07) is 1.84. The summed E-state index contributed by atoms with van der Waals surface area (Å²) in [6.45, 7) is 5.27. The van der Waals surface area contributed by atoms with E-state index in [-0.39, 0.29) is 11.6 Å². The van der Waals surface area contributed by atoms with E-state index in [4.69, 9.17) is 0 Å². The van der Waals surface area contributed by atoms with E-state index in [9.17, 15) is 4.79 Å². The molecule has 0 amide bonds. The third-order valence-electron chi connectivity index (χ3n) is 3.42. The van der Waals surface area contributed by atoms with Crippen LogP contribution in [0.15, 0.2) is 10.9 Å². The van der Waals surface area contributed by atoms with Crippen molar-refractivity contribution in [2.24, 2.45) is 5.92 Å². The molecular formula is C14H24N4O. The van der Waals surface area contributed by atoms with Crippen LogP contribution in [0.5, 0.6) is 0 Å². The maximum Gasteiger partial charge on any atom is 0.252 e. The van der Waals surface area contributed by atoms with Crippen LogP contribution in [0.1, 0.15) is 38.4 Å². The van der Waals surface area contributed by atoms with E-state index in [1.165, 1.54) is 0 Å². The normalized spacial score (nSPS) is 16.9. The molecule has 19 heavy (non-hydrogen) atoms. The van der Waals surface area contributed by atoms with E-state index < -0.39 is 0 Å². The van der Waals surface area contributed by atoms with Gasteiger partial charge in [0, 0.05) is 24.6 Å². The van der Waals surface area contributed by atoms with Gasteiger partial charge in [0.05, 0.1) is 0 Å². The zero-order valence-electron chi connectivity index (χ0n) is 12.2. The highest BCUT2D eigenvalue weighted by Gasteiger charge is 2.26. The van der Waals surface area contributed by atoms with Crippen molar-refractivity contribution in [1.29, 1.82) is 0 Å². The fourth-order valence-electron chi connectivity index (χ4n) is 2.11. The topological polar surface area (TPSA) is 61.0 Å². The highest BCUT2D eigenvalue weighted by atomic mass is 16.1. The van der Waals surface area contributed by atoms with Gasteiger partial charge in [0.2, 0.25) is 0 Å². The van der Waals surface area contributed by atoms with Crippen molar-refractivity contribution in [3.63, 3.8) is 0 Å². The van der Waals surface area contributed by atoms with Crippen molar-refractivity contribution in [2.75, 3.05) is 26.0 Å². The second-order valence-corrected chi connectivity index (χ2v) is 6.05. The average Bonchev–Trinajstić information content (AvgIpc) is 3.10. The van der Waals surface area contributed by atoms with Gasteiger partial charge in [-0.2, -0.15) is 0 Å². The lowest BCUT2D eigenvalue weighted by molar-refractivity contribution is 0.344. The summed E-state index contributed by atoms with van der Waals surface area (Å²) in [5.74, 6) is 2.47. The van der Waals surface area contributed by atoms with Crippen molar-refractivity contribution < 1.29 is 0 Å². The Balaban J connectivity index is 2.13. The first-order valence-electron chi connectivity index (χ1n) is 6.98. The molecular weight excluding hydrogens is 240 g/mol. The highest BCUT2D eigenvalue weighted by molar-refractivity contribution is 5.35. The van der Waals surface area contributed by atoms with Crippen LogP contribution in [0.4, 0.5) is 5.82 Å². The Labute approximate surface area is 114 Å². The zero-order chi connectivity index (χ0) is 14.0. The van der Waals surface area contributed by atoms with Gasteiger partial charge in [0.25, 0.3) is 5.56 Å². The summed E-state index contributed by atoms with van der Waals surface area (Å²) in [5.41, 5.74) is -0.0632. The number of anilines is 1. The van der Waals surface area contributed by atoms with Crippen molar-refractivity contribution in [3.05, 3.63) is 22.2 Å². The Bertz CT molecular complexity index is 477. The molecule has 0 spiro atoms. The Kier molecular flexibility index (Phi) is 4.24. The first-order chi connectivity index (χ1) is 8.95. The van der Waals surface area contributed by atoms with E-state index in [0.29, 0.717) is 17.7 Å². The van der Waals surface area contributed by atoms with Crippen LogP contribution in [0.3, 0.4) is 0 Å². The molecule has 2 rings (SSSR count). The number of hydrogen-bond acceptors (Lipinski definition) is 4. The maximum absolute atomic E-state index is 11.7. The summed E-state index contributed by atoms with van der Waals surface area (Å²) in [7, 11) is 4.11. The molecule has 0 saturated heterocycles.